The molecule has 0 aliphatic rings. The summed E-state index contributed by atoms with van der Waals surface area (Å²) in [4.78, 5) is 12.8. The van der Waals surface area contributed by atoms with Crippen LogP contribution in [-0.4, -0.2) is 30.9 Å². The molecule has 0 spiro atoms. The third kappa shape index (κ3) is 3.78. The summed E-state index contributed by atoms with van der Waals surface area (Å²) in [6, 6.07) is 10.3. The molecular formula is C19H21BrN4OS. The van der Waals surface area contributed by atoms with E-state index in [9.17, 15) is 4.79 Å². The summed E-state index contributed by atoms with van der Waals surface area (Å²) in [5.41, 5.74) is 3.81. The molecule has 0 saturated carbocycles. The summed E-state index contributed by atoms with van der Waals surface area (Å²) in [6.45, 7) is 8.15. The van der Waals surface area contributed by atoms with Crippen molar-refractivity contribution >= 4 is 33.5 Å². The minimum atomic E-state index is 0.102. The smallest absolute Gasteiger partial charge is 0.191 e. The first kappa shape index (κ1) is 18.9. The van der Waals surface area contributed by atoms with Crippen LogP contribution in [0.2, 0.25) is 0 Å². The number of ketones is 1. The van der Waals surface area contributed by atoms with Gasteiger partial charge in [-0.05, 0) is 58.0 Å². The highest BCUT2D eigenvalue weighted by Gasteiger charge is 2.18. The molecule has 26 heavy (non-hydrogen) atoms. The second kappa shape index (κ2) is 7.80. The molecule has 5 nitrogen and oxygen atoms in total. The van der Waals surface area contributed by atoms with Crippen molar-refractivity contribution in [3.8, 4) is 5.69 Å². The van der Waals surface area contributed by atoms with E-state index in [1.807, 2.05) is 48.7 Å². The van der Waals surface area contributed by atoms with Crippen LogP contribution >= 0.6 is 27.7 Å². The number of Topliss-reactive ketones (excluding diaryl/α,β-unsaturated/α-hetero) is 1. The van der Waals surface area contributed by atoms with Gasteiger partial charge in [-0.2, -0.15) is 0 Å². The Labute approximate surface area is 165 Å². The zero-order valence-corrected chi connectivity index (χ0v) is 17.6. The number of carbonyl (C=O) groups excluding carboxylic acids is 1. The monoisotopic (exact) mass is 432 g/mol. The van der Waals surface area contributed by atoms with Crippen LogP contribution in [0.5, 0.6) is 0 Å². The molecule has 0 bridgehead atoms. The van der Waals surface area contributed by atoms with E-state index in [2.05, 4.69) is 44.5 Å². The van der Waals surface area contributed by atoms with Crippen LogP contribution in [0.4, 0.5) is 0 Å². The number of carbonyl (C=O) groups is 1. The van der Waals surface area contributed by atoms with Crippen LogP contribution in [0.15, 0.2) is 46.3 Å². The first-order valence-corrected chi connectivity index (χ1v) is 10.2. The van der Waals surface area contributed by atoms with Crippen LogP contribution in [0, 0.1) is 13.8 Å². The average Bonchev–Trinajstić information content (AvgIpc) is 3.18. The Morgan fingerprint density at radius 3 is 2.58 bits per heavy atom. The van der Waals surface area contributed by atoms with Gasteiger partial charge in [0.15, 0.2) is 10.9 Å². The molecule has 2 heterocycles. The first-order valence-electron chi connectivity index (χ1n) is 8.39. The Morgan fingerprint density at radius 2 is 1.92 bits per heavy atom. The Morgan fingerprint density at radius 1 is 1.23 bits per heavy atom. The Kier molecular flexibility index (Phi) is 5.67. The van der Waals surface area contributed by atoms with E-state index in [-0.39, 0.29) is 11.8 Å². The van der Waals surface area contributed by atoms with Crippen LogP contribution in [-0.2, 0) is 0 Å². The van der Waals surface area contributed by atoms with E-state index in [4.69, 9.17) is 0 Å². The highest BCUT2D eigenvalue weighted by molar-refractivity contribution is 9.10. The van der Waals surface area contributed by atoms with Crippen molar-refractivity contribution in [1.29, 1.82) is 0 Å². The molecule has 136 valence electrons. The molecule has 0 atom stereocenters. The van der Waals surface area contributed by atoms with Crippen molar-refractivity contribution in [2.45, 2.75) is 38.9 Å². The zero-order chi connectivity index (χ0) is 18.8. The van der Waals surface area contributed by atoms with Gasteiger partial charge in [0.25, 0.3) is 0 Å². The lowest BCUT2D eigenvalue weighted by molar-refractivity contribution is 0.102. The minimum Gasteiger partial charge on any atom is -0.318 e. The van der Waals surface area contributed by atoms with Gasteiger partial charge < -0.3 is 9.13 Å². The van der Waals surface area contributed by atoms with Crippen molar-refractivity contribution in [3.63, 3.8) is 0 Å². The first-order chi connectivity index (χ1) is 12.4. The third-order valence-electron chi connectivity index (χ3n) is 4.25. The highest BCUT2D eigenvalue weighted by Crippen LogP contribution is 2.25. The quantitative estimate of drug-likeness (QED) is 0.405. The fourth-order valence-electron chi connectivity index (χ4n) is 2.93. The number of aryl methyl sites for hydroxylation is 1. The Bertz CT molecular complexity index is 928. The standard InChI is InChI=1S/C19H21BrN4OS/c1-12(2)23-11-21-22-19(23)26-10-18(25)17-9-13(3)24(14(17)4)16-7-5-15(20)6-8-16/h5-9,11-12H,10H2,1-4H3. The van der Waals surface area contributed by atoms with Crippen LogP contribution in [0.1, 0.15) is 41.6 Å². The summed E-state index contributed by atoms with van der Waals surface area (Å²) in [5, 5.41) is 8.84. The van der Waals surface area contributed by atoms with Crippen LogP contribution in [0.3, 0.4) is 0 Å². The lowest BCUT2D eigenvalue weighted by Crippen LogP contribution is -2.07. The molecule has 7 heteroatoms. The summed E-state index contributed by atoms with van der Waals surface area (Å²) >= 11 is 4.89. The second-order valence-corrected chi connectivity index (χ2v) is 8.28. The van der Waals surface area contributed by atoms with Crippen molar-refractivity contribution in [1.82, 2.24) is 19.3 Å². The molecule has 0 aliphatic carbocycles. The van der Waals surface area contributed by atoms with Gasteiger partial charge in [0, 0.05) is 33.2 Å². The van der Waals surface area contributed by atoms with Crippen LogP contribution < -0.4 is 0 Å². The average molecular weight is 433 g/mol. The van der Waals surface area contributed by atoms with Crippen molar-refractivity contribution in [2.75, 3.05) is 5.75 Å². The molecule has 0 amide bonds. The molecule has 3 aromatic rings. The normalized spacial score (nSPS) is 11.3. The SMILES string of the molecule is Cc1cc(C(=O)CSc2nncn2C(C)C)c(C)n1-c1ccc(Br)cc1. The van der Waals surface area contributed by atoms with E-state index < -0.39 is 0 Å². The van der Waals surface area contributed by atoms with Gasteiger partial charge in [0.1, 0.15) is 6.33 Å². The van der Waals surface area contributed by atoms with Gasteiger partial charge in [0.2, 0.25) is 0 Å². The molecule has 0 N–H and O–H groups in total. The molecule has 2 aromatic heterocycles. The van der Waals surface area contributed by atoms with E-state index in [1.54, 1.807) is 6.33 Å². The summed E-state index contributed by atoms with van der Waals surface area (Å²) in [6.07, 6.45) is 1.71. The molecule has 1 aromatic carbocycles. The van der Waals surface area contributed by atoms with E-state index in [1.165, 1.54) is 11.8 Å². The Balaban J connectivity index is 1.81. The fraction of sp³-hybridized carbons (Fsp3) is 0.316. The lowest BCUT2D eigenvalue weighted by Gasteiger charge is -2.10. The molecule has 3 rings (SSSR count). The summed E-state index contributed by atoms with van der Waals surface area (Å²) < 4.78 is 5.12. The van der Waals surface area contributed by atoms with E-state index in [0.29, 0.717) is 5.75 Å². The summed E-state index contributed by atoms with van der Waals surface area (Å²) in [5.74, 6) is 0.445. The van der Waals surface area contributed by atoms with Gasteiger partial charge in [-0.3, -0.25) is 4.79 Å². The number of benzene rings is 1. The van der Waals surface area contributed by atoms with Gasteiger partial charge in [-0.25, -0.2) is 0 Å². The largest absolute Gasteiger partial charge is 0.318 e. The lowest BCUT2D eigenvalue weighted by atomic mass is 10.2. The summed E-state index contributed by atoms with van der Waals surface area (Å²) in [7, 11) is 0. The number of hydrogen-bond acceptors (Lipinski definition) is 4. The number of halogens is 1. The maximum atomic E-state index is 12.8. The van der Waals surface area contributed by atoms with E-state index >= 15 is 0 Å². The molecule has 0 fully saturated rings. The van der Waals surface area contributed by atoms with E-state index in [0.717, 1.165) is 32.3 Å². The van der Waals surface area contributed by atoms with Gasteiger partial charge in [-0.1, -0.05) is 27.7 Å². The molecule has 0 unspecified atom stereocenters. The molecule has 0 saturated heterocycles. The number of aromatic nitrogens is 4. The number of nitrogens with zero attached hydrogens (tertiary/aromatic N) is 4. The van der Waals surface area contributed by atoms with Gasteiger partial charge in [0.05, 0.1) is 5.75 Å². The predicted octanol–water partition coefficient (Wildman–Crippen LogP) is 5.00. The third-order valence-corrected chi connectivity index (χ3v) is 5.73. The van der Waals surface area contributed by atoms with Crippen molar-refractivity contribution in [3.05, 3.63) is 58.1 Å². The maximum absolute atomic E-state index is 12.8. The highest BCUT2D eigenvalue weighted by atomic mass is 79.9. The Hall–Kier alpha value is -1.86. The van der Waals surface area contributed by atoms with Crippen molar-refractivity contribution < 1.29 is 4.79 Å². The minimum absolute atomic E-state index is 0.102. The number of rotatable bonds is 6. The van der Waals surface area contributed by atoms with Gasteiger partial charge in [-0.15, -0.1) is 10.2 Å². The fourth-order valence-corrected chi connectivity index (χ4v) is 4.12. The van der Waals surface area contributed by atoms with Crippen molar-refractivity contribution in [2.24, 2.45) is 0 Å². The molecular weight excluding hydrogens is 412 g/mol. The predicted molar refractivity (Wildman–Crippen MR) is 108 cm³/mol. The van der Waals surface area contributed by atoms with Crippen LogP contribution in [0.25, 0.3) is 5.69 Å². The zero-order valence-electron chi connectivity index (χ0n) is 15.2. The number of hydrogen-bond donors (Lipinski definition) is 0. The molecule has 0 radical (unpaired) electrons. The topological polar surface area (TPSA) is 52.7 Å². The second-order valence-electron chi connectivity index (χ2n) is 6.42. The number of thioether (sulfide) groups is 1. The van der Waals surface area contributed by atoms with Gasteiger partial charge >= 0.3 is 0 Å². The molecule has 0 aliphatic heterocycles. The maximum Gasteiger partial charge on any atom is 0.191 e.